The number of hydrogen-bond acceptors (Lipinski definition) is 3. The van der Waals surface area contributed by atoms with Crippen LogP contribution < -0.4 is 5.32 Å². The third-order valence-corrected chi connectivity index (χ3v) is 4.65. The fourth-order valence-corrected chi connectivity index (χ4v) is 3.56. The average Bonchev–Trinajstić information content (AvgIpc) is 3.11. The highest BCUT2D eigenvalue weighted by Crippen LogP contribution is 2.30. The highest BCUT2D eigenvalue weighted by molar-refractivity contribution is 7.07. The van der Waals surface area contributed by atoms with Gasteiger partial charge in [0.05, 0.1) is 0 Å². The zero-order chi connectivity index (χ0) is 12.9. The number of thiophene rings is 1. The zero-order valence-corrected chi connectivity index (χ0v) is 12.0. The van der Waals surface area contributed by atoms with Crippen LogP contribution in [0.4, 0.5) is 5.95 Å². The van der Waals surface area contributed by atoms with Gasteiger partial charge in [0.2, 0.25) is 5.95 Å². The Hall–Kier alpha value is -1.29. The fraction of sp³-hybridized carbons (Fsp3) is 0.533. The van der Waals surface area contributed by atoms with Crippen LogP contribution in [0.15, 0.2) is 29.2 Å². The van der Waals surface area contributed by atoms with E-state index in [1.807, 2.05) is 6.20 Å². The Bertz CT molecular complexity index is 483. The smallest absolute Gasteiger partial charge is 0.203 e. The molecule has 2 heterocycles. The van der Waals surface area contributed by atoms with E-state index < -0.39 is 0 Å². The predicted molar refractivity (Wildman–Crippen MR) is 80.9 cm³/mol. The summed E-state index contributed by atoms with van der Waals surface area (Å²) in [6.07, 6.45) is 11.8. The summed E-state index contributed by atoms with van der Waals surface area (Å²) < 4.78 is 2.34. The van der Waals surface area contributed by atoms with Crippen molar-refractivity contribution in [3.63, 3.8) is 0 Å². The molecule has 1 N–H and O–H groups in total. The number of nitrogens with one attached hydrogen (secondary N) is 1. The van der Waals surface area contributed by atoms with Crippen molar-refractivity contribution in [3.8, 4) is 0 Å². The van der Waals surface area contributed by atoms with Gasteiger partial charge in [0.25, 0.3) is 0 Å². The summed E-state index contributed by atoms with van der Waals surface area (Å²) in [6.45, 7) is 0.959. The molecule has 1 aliphatic carbocycles. The van der Waals surface area contributed by atoms with E-state index in [1.54, 1.807) is 11.3 Å². The quantitative estimate of drug-likeness (QED) is 0.890. The van der Waals surface area contributed by atoms with Crippen molar-refractivity contribution >= 4 is 17.3 Å². The van der Waals surface area contributed by atoms with Crippen molar-refractivity contribution < 1.29 is 0 Å². The molecule has 0 atom stereocenters. The lowest BCUT2D eigenvalue weighted by molar-refractivity contribution is 0.356. The monoisotopic (exact) mass is 275 g/mol. The molecule has 0 spiro atoms. The summed E-state index contributed by atoms with van der Waals surface area (Å²) in [7, 11) is 0. The molecule has 0 unspecified atom stereocenters. The maximum Gasteiger partial charge on any atom is 0.203 e. The lowest BCUT2D eigenvalue weighted by Crippen LogP contribution is -2.16. The Morgan fingerprint density at radius 1 is 1.32 bits per heavy atom. The second kappa shape index (κ2) is 6.24. The van der Waals surface area contributed by atoms with Crippen LogP contribution in [0, 0.1) is 0 Å². The van der Waals surface area contributed by atoms with Crippen LogP contribution in [0.25, 0.3) is 0 Å². The van der Waals surface area contributed by atoms with Gasteiger partial charge in [-0.25, -0.2) is 4.98 Å². The van der Waals surface area contributed by atoms with E-state index in [2.05, 4.69) is 37.9 Å². The molecule has 4 heteroatoms. The van der Waals surface area contributed by atoms with Crippen LogP contribution in [0.5, 0.6) is 0 Å². The Morgan fingerprint density at radius 3 is 3.00 bits per heavy atom. The van der Waals surface area contributed by atoms with Gasteiger partial charge < -0.3 is 9.88 Å². The summed E-state index contributed by atoms with van der Waals surface area (Å²) in [6, 6.07) is 2.85. The second-order valence-electron chi connectivity index (χ2n) is 5.26. The van der Waals surface area contributed by atoms with Crippen molar-refractivity contribution in [1.82, 2.24) is 9.55 Å². The van der Waals surface area contributed by atoms with E-state index in [9.17, 15) is 0 Å². The number of imidazole rings is 1. The first-order valence-corrected chi connectivity index (χ1v) is 8.15. The number of aromatic nitrogens is 2. The fourth-order valence-electron chi connectivity index (χ4n) is 2.86. The van der Waals surface area contributed by atoms with Crippen LogP contribution in [0.3, 0.4) is 0 Å². The third kappa shape index (κ3) is 3.18. The first-order chi connectivity index (χ1) is 9.43. The van der Waals surface area contributed by atoms with Crippen molar-refractivity contribution in [2.24, 2.45) is 0 Å². The molecule has 1 saturated carbocycles. The first-order valence-electron chi connectivity index (χ1n) is 7.21. The highest BCUT2D eigenvalue weighted by Gasteiger charge is 2.17. The number of nitrogens with zero attached hydrogens (tertiary/aromatic N) is 2. The SMILES string of the molecule is c1cn(C2CCCCC2)c(NCCc2ccsc2)n1. The molecule has 2 aromatic rings. The van der Waals surface area contributed by atoms with E-state index >= 15 is 0 Å². The molecular formula is C15H21N3S. The molecule has 1 fully saturated rings. The minimum atomic E-state index is 0.653. The Balaban J connectivity index is 1.57. The zero-order valence-electron chi connectivity index (χ0n) is 11.2. The molecule has 102 valence electrons. The molecule has 0 amide bonds. The Labute approximate surface area is 118 Å². The predicted octanol–water partition coefficient (Wildman–Crippen LogP) is 4.10. The van der Waals surface area contributed by atoms with Gasteiger partial charge in [0, 0.05) is 25.0 Å². The molecule has 0 aromatic carbocycles. The van der Waals surface area contributed by atoms with Gasteiger partial charge in [-0.2, -0.15) is 11.3 Å². The van der Waals surface area contributed by atoms with E-state index in [1.165, 1.54) is 37.7 Å². The standard InChI is InChI=1S/C15H21N3S/c1-2-4-14(5-3-1)18-10-9-17-15(18)16-8-6-13-7-11-19-12-13/h7,9-12,14H,1-6,8H2,(H,16,17). The molecule has 0 radical (unpaired) electrons. The first kappa shape index (κ1) is 12.7. The van der Waals surface area contributed by atoms with Crippen molar-refractivity contribution in [3.05, 3.63) is 34.8 Å². The van der Waals surface area contributed by atoms with Gasteiger partial charge in [-0.3, -0.25) is 0 Å². The maximum atomic E-state index is 4.46. The summed E-state index contributed by atoms with van der Waals surface area (Å²) in [5.41, 5.74) is 1.41. The van der Waals surface area contributed by atoms with Gasteiger partial charge in [0.1, 0.15) is 0 Å². The van der Waals surface area contributed by atoms with Crippen LogP contribution in [0.2, 0.25) is 0 Å². The largest absolute Gasteiger partial charge is 0.355 e. The molecule has 3 rings (SSSR count). The van der Waals surface area contributed by atoms with Crippen molar-refractivity contribution in [1.29, 1.82) is 0 Å². The second-order valence-corrected chi connectivity index (χ2v) is 6.04. The Kier molecular flexibility index (Phi) is 4.18. The molecule has 0 saturated heterocycles. The normalized spacial score (nSPS) is 16.6. The number of hydrogen-bond donors (Lipinski definition) is 1. The maximum absolute atomic E-state index is 4.46. The summed E-state index contributed by atoms with van der Waals surface area (Å²) in [4.78, 5) is 4.46. The van der Waals surface area contributed by atoms with Crippen LogP contribution >= 0.6 is 11.3 Å². The van der Waals surface area contributed by atoms with E-state index in [0.29, 0.717) is 6.04 Å². The third-order valence-electron chi connectivity index (χ3n) is 3.91. The number of rotatable bonds is 5. The van der Waals surface area contributed by atoms with Crippen molar-refractivity contribution in [2.75, 3.05) is 11.9 Å². The molecule has 2 aromatic heterocycles. The minimum absolute atomic E-state index is 0.653. The summed E-state index contributed by atoms with van der Waals surface area (Å²) >= 11 is 1.76. The highest BCUT2D eigenvalue weighted by atomic mass is 32.1. The van der Waals surface area contributed by atoms with Crippen LogP contribution in [-0.4, -0.2) is 16.1 Å². The Morgan fingerprint density at radius 2 is 2.21 bits per heavy atom. The average molecular weight is 275 g/mol. The number of anilines is 1. The molecule has 3 nitrogen and oxygen atoms in total. The van der Waals surface area contributed by atoms with Crippen molar-refractivity contribution in [2.45, 2.75) is 44.6 Å². The lowest BCUT2D eigenvalue weighted by Gasteiger charge is -2.24. The minimum Gasteiger partial charge on any atom is -0.355 e. The lowest BCUT2D eigenvalue weighted by atomic mass is 9.95. The molecule has 0 bridgehead atoms. The van der Waals surface area contributed by atoms with Crippen LogP contribution in [-0.2, 0) is 6.42 Å². The molecule has 1 aliphatic rings. The van der Waals surface area contributed by atoms with Gasteiger partial charge in [-0.1, -0.05) is 19.3 Å². The topological polar surface area (TPSA) is 29.9 Å². The molecule has 0 aliphatic heterocycles. The summed E-state index contributed by atoms with van der Waals surface area (Å²) in [5.74, 6) is 1.04. The van der Waals surface area contributed by atoms with Gasteiger partial charge in [0.15, 0.2) is 0 Å². The van der Waals surface area contributed by atoms with Gasteiger partial charge >= 0.3 is 0 Å². The van der Waals surface area contributed by atoms with Crippen LogP contribution in [0.1, 0.15) is 43.7 Å². The van der Waals surface area contributed by atoms with Gasteiger partial charge in [-0.05, 0) is 41.7 Å². The van der Waals surface area contributed by atoms with E-state index in [-0.39, 0.29) is 0 Å². The van der Waals surface area contributed by atoms with E-state index in [0.717, 1.165) is 18.9 Å². The molecular weight excluding hydrogens is 254 g/mol. The molecule has 19 heavy (non-hydrogen) atoms. The summed E-state index contributed by atoms with van der Waals surface area (Å²) in [5, 5.41) is 7.84. The van der Waals surface area contributed by atoms with E-state index in [4.69, 9.17) is 0 Å². The van der Waals surface area contributed by atoms with Gasteiger partial charge in [-0.15, -0.1) is 0 Å².